The average Bonchev–Trinajstić information content (AvgIpc) is 3.39. The van der Waals surface area contributed by atoms with Gasteiger partial charge in [-0.25, -0.2) is 9.48 Å². The Hall–Kier alpha value is -5.06. The van der Waals surface area contributed by atoms with E-state index in [1.807, 2.05) is 19.1 Å². The van der Waals surface area contributed by atoms with Crippen LogP contribution in [-0.4, -0.2) is 33.7 Å². The molecule has 8 nitrogen and oxygen atoms in total. The minimum Gasteiger partial charge on any atom is -0.496 e. The van der Waals surface area contributed by atoms with E-state index in [0.717, 1.165) is 22.6 Å². The fraction of sp³-hybridized carbons (Fsp3) is 0.138. The predicted molar refractivity (Wildman–Crippen MR) is 142 cm³/mol. The molecule has 1 aromatic heterocycles. The Balaban J connectivity index is 1.56. The van der Waals surface area contributed by atoms with E-state index in [0.29, 0.717) is 22.7 Å². The summed E-state index contributed by atoms with van der Waals surface area (Å²) in [6, 6.07) is 17.8. The summed E-state index contributed by atoms with van der Waals surface area (Å²) in [5, 5.41) is 5.53. The Morgan fingerprint density at radius 2 is 1.68 bits per heavy atom. The van der Waals surface area contributed by atoms with Crippen LogP contribution in [0.2, 0.25) is 0 Å². The summed E-state index contributed by atoms with van der Waals surface area (Å²) in [5.41, 5.74) is 1.05. The normalized spacial score (nSPS) is 14.6. The summed E-state index contributed by atoms with van der Waals surface area (Å²) in [4.78, 5) is 40.3. The van der Waals surface area contributed by atoms with E-state index in [1.54, 1.807) is 36.4 Å². The number of carbonyl (C=O) groups is 2. The maximum Gasteiger partial charge on any atom is 0.416 e. The van der Waals surface area contributed by atoms with Gasteiger partial charge in [-0.2, -0.15) is 13.2 Å². The van der Waals surface area contributed by atoms with Crippen molar-refractivity contribution in [2.45, 2.75) is 19.6 Å². The molecule has 40 heavy (non-hydrogen) atoms. The number of methoxy groups -OCH3 is 1. The SMILES string of the molecule is COc1ccccc1-c1[nH]n(-c2ccc(C)cc2)c(=O)c1/C=C1\NC(=O)N(Cc2cccc(C(F)(F)F)c2)C1=O. The Bertz CT molecular complexity index is 1700. The van der Waals surface area contributed by atoms with Crippen molar-refractivity contribution in [2.24, 2.45) is 0 Å². The summed E-state index contributed by atoms with van der Waals surface area (Å²) in [6.07, 6.45) is -3.31. The van der Waals surface area contributed by atoms with Crippen LogP contribution in [0.4, 0.5) is 18.0 Å². The van der Waals surface area contributed by atoms with Crippen molar-refractivity contribution in [3.05, 3.63) is 111 Å². The lowest BCUT2D eigenvalue weighted by Gasteiger charge is -2.13. The lowest BCUT2D eigenvalue weighted by Crippen LogP contribution is -2.30. The molecule has 0 bridgehead atoms. The summed E-state index contributed by atoms with van der Waals surface area (Å²) >= 11 is 0. The molecule has 1 saturated heterocycles. The maximum atomic E-state index is 13.6. The van der Waals surface area contributed by atoms with Crippen LogP contribution >= 0.6 is 0 Å². The second kappa shape index (κ2) is 10.3. The van der Waals surface area contributed by atoms with Gasteiger partial charge in [0.05, 0.1) is 36.2 Å². The van der Waals surface area contributed by atoms with Crippen molar-refractivity contribution in [2.75, 3.05) is 7.11 Å². The van der Waals surface area contributed by atoms with Crippen molar-refractivity contribution >= 4 is 18.0 Å². The molecule has 1 fully saturated rings. The number of hydrogen-bond acceptors (Lipinski definition) is 4. The molecular weight excluding hydrogens is 525 g/mol. The van der Waals surface area contributed by atoms with Gasteiger partial charge in [0, 0.05) is 5.56 Å². The number of rotatable bonds is 6. The first-order chi connectivity index (χ1) is 19.1. The third-order valence-corrected chi connectivity index (χ3v) is 6.44. The first-order valence-corrected chi connectivity index (χ1v) is 12.1. The molecule has 0 spiro atoms. The molecule has 204 valence electrons. The van der Waals surface area contributed by atoms with E-state index in [2.05, 4.69) is 10.4 Å². The van der Waals surface area contributed by atoms with Crippen molar-refractivity contribution in [3.63, 3.8) is 0 Å². The van der Waals surface area contributed by atoms with E-state index < -0.39 is 29.2 Å². The van der Waals surface area contributed by atoms with E-state index in [-0.39, 0.29) is 23.4 Å². The Morgan fingerprint density at radius 1 is 0.950 bits per heavy atom. The van der Waals surface area contributed by atoms with Gasteiger partial charge in [0.1, 0.15) is 11.4 Å². The number of hydrogen-bond donors (Lipinski definition) is 2. The van der Waals surface area contributed by atoms with Crippen LogP contribution in [0.1, 0.15) is 22.3 Å². The number of aryl methyl sites for hydroxylation is 1. The zero-order chi connectivity index (χ0) is 28.6. The van der Waals surface area contributed by atoms with Crippen LogP contribution in [0.3, 0.4) is 0 Å². The number of benzene rings is 3. The van der Waals surface area contributed by atoms with Crippen molar-refractivity contribution < 1.29 is 27.5 Å². The molecular formula is C29H23F3N4O4. The van der Waals surface area contributed by atoms with Gasteiger partial charge in [0.15, 0.2) is 0 Å². The zero-order valence-electron chi connectivity index (χ0n) is 21.4. The summed E-state index contributed by atoms with van der Waals surface area (Å²) in [6.45, 7) is 1.53. The Kier molecular flexibility index (Phi) is 6.80. The van der Waals surface area contributed by atoms with Crippen LogP contribution < -0.4 is 15.6 Å². The molecule has 0 saturated carbocycles. The minimum atomic E-state index is -4.57. The number of para-hydroxylation sites is 1. The van der Waals surface area contributed by atoms with Gasteiger partial charge >= 0.3 is 12.2 Å². The number of amides is 3. The first kappa shape index (κ1) is 26.5. The molecule has 5 rings (SSSR count). The van der Waals surface area contributed by atoms with Crippen LogP contribution in [-0.2, 0) is 17.5 Å². The van der Waals surface area contributed by atoms with Crippen molar-refractivity contribution in [3.8, 4) is 22.7 Å². The second-order valence-corrected chi connectivity index (χ2v) is 9.15. The fourth-order valence-electron chi connectivity index (χ4n) is 4.40. The number of alkyl halides is 3. The monoisotopic (exact) mass is 548 g/mol. The maximum absolute atomic E-state index is 13.6. The number of H-pyrrole nitrogens is 1. The van der Waals surface area contributed by atoms with Crippen LogP contribution in [0, 0.1) is 6.92 Å². The Morgan fingerprint density at radius 3 is 2.38 bits per heavy atom. The molecule has 3 aromatic carbocycles. The number of halogens is 3. The fourth-order valence-corrected chi connectivity index (χ4v) is 4.40. The number of urea groups is 1. The second-order valence-electron chi connectivity index (χ2n) is 9.15. The molecule has 0 radical (unpaired) electrons. The predicted octanol–water partition coefficient (Wildman–Crippen LogP) is 5.26. The summed E-state index contributed by atoms with van der Waals surface area (Å²) in [5.74, 6) is -0.316. The van der Waals surface area contributed by atoms with Gasteiger partial charge in [-0.15, -0.1) is 0 Å². The highest BCUT2D eigenvalue weighted by Crippen LogP contribution is 2.32. The largest absolute Gasteiger partial charge is 0.496 e. The summed E-state index contributed by atoms with van der Waals surface area (Å²) in [7, 11) is 1.48. The minimum absolute atomic E-state index is 0.0784. The number of imide groups is 1. The molecule has 1 aliphatic heterocycles. The van der Waals surface area contributed by atoms with Gasteiger partial charge < -0.3 is 10.1 Å². The van der Waals surface area contributed by atoms with E-state index in [1.165, 1.54) is 30.0 Å². The highest BCUT2D eigenvalue weighted by atomic mass is 19.4. The van der Waals surface area contributed by atoms with Crippen LogP contribution in [0.5, 0.6) is 5.75 Å². The molecule has 2 heterocycles. The molecule has 4 aromatic rings. The van der Waals surface area contributed by atoms with E-state index in [9.17, 15) is 27.6 Å². The smallest absolute Gasteiger partial charge is 0.416 e. The standard InChI is InChI=1S/C29H23F3N4O4/c1-17-10-12-20(13-11-17)36-26(37)22(25(34-36)21-8-3-4-9-24(21)40-2)15-23-27(38)35(28(39)33-23)16-18-6-5-7-19(14-18)29(30,31)32/h3-15,34H,16H2,1-2H3,(H,33,39)/b23-15-. The van der Waals surface area contributed by atoms with Gasteiger partial charge in [-0.05, 0) is 55.0 Å². The summed E-state index contributed by atoms with van der Waals surface area (Å²) < 4.78 is 46.2. The van der Waals surface area contributed by atoms with Crippen LogP contribution in [0.25, 0.3) is 23.0 Å². The highest BCUT2D eigenvalue weighted by molar-refractivity contribution is 6.14. The van der Waals surface area contributed by atoms with Crippen molar-refractivity contribution in [1.82, 2.24) is 20.0 Å². The number of aromatic nitrogens is 2. The lowest BCUT2D eigenvalue weighted by molar-refractivity contribution is -0.137. The number of nitrogens with zero attached hydrogens (tertiary/aromatic N) is 2. The third kappa shape index (κ3) is 5.00. The van der Waals surface area contributed by atoms with Crippen molar-refractivity contribution in [1.29, 1.82) is 0 Å². The van der Waals surface area contributed by atoms with Gasteiger partial charge in [-0.1, -0.05) is 42.0 Å². The van der Waals surface area contributed by atoms with Gasteiger partial charge in [0.25, 0.3) is 11.5 Å². The highest BCUT2D eigenvalue weighted by Gasteiger charge is 2.35. The number of carbonyl (C=O) groups excluding carboxylic acids is 2. The molecule has 0 unspecified atom stereocenters. The number of aromatic amines is 1. The average molecular weight is 549 g/mol. The zero-order valence-corrected chi connectivity index (χ0v) is 21.4. The molecule has 1 aliphatic rings. The molecule has 2 N–H and O–H groups in total. The molecule has 11 heteroatoms. The first-order valence-electron chi connectivity index (χ1n) is 12.1. The topological polar surface area (TPSA) is 96.4 Å². The third-order valence-electron chi connectivity index (χ3n) is 6.44. The number of ether oxygens (including phenoxy) is 1. The quantitative estimate of drug-likeness (QED) is 0.254. The van der Waals surface area contributed by atoms with Crippen LogP contribution in [0.15, 0.2) is 83.3 Å². The van der Waals surface area contributed by atoms with E-state index in [4.69, 9.17) is 4.74 Å². The molecule has 0 aliphatic carbocycles. The Labute approximate surface area is 226 Å². The van der Waals surface area contributed by atoms with Gasteiger partial charge in [-0.3, -0.25) is 19.6 Å². The molecule has 0 atom stereocenters. The van der Waals surface area contributed by atoms with E-state index >= 15 is 0 Å². The lowest BCUT2D eigenvalue weighted by atomic mass is 10.1. The molecule has 3 amide bonds. The van der Waals surface area contributed by atoms with Gasteiger partial charge in [0.2, 0.25) is 0 Å². The number of nitrogens with one attached hydrogen (secondary N) is 2.